The SMILES string of the molecule is COC(=O)c1ccc([N+](=O)[O-])c(NS(C)(=O)=O)c1. The van der Waals surface area contributed by atoms with E-state index in [1.165, 1.54) is 6.07 Å². The summed E-state index contributed by atoms with van der Waals surface area (Å²) in [5.41, 5.74) is -0.729. The zero-order valence-electron chi connectivity index (χ0n) is 9.54. The number of carbonyl (C=O) groups excluding carboxylic acids is 1. The van der Waals surface area contributed by atoms with Crippen molar-refractivity contribution in [1.82, 2.24) is 0 Å². The number of nitrogens with one attached hydrogen (secondary N) is 1. The van der Waals surface area contributed by atoms with Crippen molar-refractivity contribution in [3.8, 4) is 0 Å². The smallest absolute Gasteiger partial charge is 0.337 e. The third kappa shape index (κ3) is 3.42. The van der Waals surface area contributed by atoms with Crippen molar-refractivity contribution in [2.45, 2.75) is 0 Å². The molecule has 9 heteroatoms. The maximum absolute atomic E-state index is 11.2. The minimum absolute atomic E-state index is 0.00856. The molecule has 1 rings (SSSR count). The summed E-state index contributed by atoms with van der Waals surface area (Å²) in [5.74, 6) is -0.721. The fourth-order valence-electron chi connectivity index (χ4n) is 1.22. The van der Waals surface area contributed by atoms with E-state index in [1.54, 1.807) is 0 Å². The quantitative estimate of drug-likeness (QED) is 0.492. The normalized spacial score (nSPS) is 10.8. The molecule has 0 aliphatic carbocycles. The number of hydrogen-bond donors (Lipinski definition) is 1. The number of nitro groups is 1. The fraction of sp³-hybridized carbons (Fsp3) is 0.222. The van der Waals surface area contributed by atoms with Crippen LogP contribution in [0.3, 0.4) is 0 Å². The predicted molar refractivity (Wildman–Crippen MR) is 62.9 cm³/mol. The molecular formula is C9H10N2O6S. The zero-order chi connectivity index (χ0) is 13.9. The Kier molecular flexibility index (Phi) is 3.86. The van der Waals surface area contributed by atoms with E-state index in [4.69, 9.17) is 0 Å². The van der Waals surface area contributed by atoms with Gasteiger partial charge in [-0.25, -0.2) is 13.2 Å². The van der Waals surface area contributed by atoms with Gasteiger partial charge in [-0.15, -0.1) is 0 Å². The highest BCUT2D eigenvalue weighted by atomic mass is 32.2. The lowest BCUT2D eigenvalue weighted by atomic mass is 10.2. The minimum Gasteiger partial charge on any atom is -0.465 e. The minimum atomic E-state index is -3.69. The summed E-state index contributed by atoms with van der Waals surface area (Å²) in [6, 6.07) is 3.25. The number of hydrogen-bond acceptors (Lipinski definition) is 6. The number of carbonyl (C=O) groups is 1. The molecule has 8 nitrogen and oxygen atoms in total. The standard InChI is InChI=1S/C9H10N2O6S/c1-17-9(12)6-3-4-8(11(13)14)7(5-6)10-18(2,15)16/h3-5,10H,1-2H3. The van der Waals surface area contributed by atoms with E-state index in [0.29, 0.717) is 0 Å². The van der Waals surface area contributed by atoms with Crippen molar-refractivity contribution in [1.29, 1.82) is 0 Å². The van der Waals surface area contributed by atoms with Gasteiger partial charge in [0.05, 0.1) is 23.9 Å². The first-order valence-electron chi connectivity index (χ1n) is 4.59. The van der Waals surface area contributed by atoms with Gasteiger partial charge in [0, 0.05) is 6.07 Å². The summed E-state index contributed by atoms with van der Waals surface area (Å²) >= 11 is 0. The van der Waals surface area contributed by atoms with Crippen molar-refractivity contribution in [2.75, 3.05) is 18.1 Å². The Morgan fingerprint density at radius 2 is 2.06 bits per heavy atom. The first kappa shape index (κ1) is 13.9. The Morgan fingerprint density at radius 3 is 2.50 bits per heavy atom. The van der Waals surface area contributed by atoms with Crippen LogP contribution in [0.1, 0.15) is 10.4 Å². The van der Waals surface area contributed by atoms with Crippen LogP contribution in [-0.4, -0.2) is 32.7 Å². The van der Waals surface area contributed by atoms with Crippen LogP contribution < -0.4 is 4.72 Å². The summed E-state index contributed by atoms with van der Waals surface area (Å²) in [5, 5.41) is 10.7. The van der Waals surface area contributed by atoms with Crippen LogP contribution in [0.15, 0.2) is 18.2 Å². The fourth-order valence-corrected chi connectivity index (χ4v) is 1.78. The van der Waals surface area contributed by atoms with Crippen LogP contribution in [0, 0.1) is 10.1 Å². The third-order valence-corrected chi connectivity index (χ3v) is 2.50. The molecule has 0 aromatic heterocycles. The van der Waals surface area contributed by atoms with Gasteiger partial charge in [0.15, 0.2) is 0 Å². The van der Waals surface area contributed by atoms with Gasteiger partial charge in [-0.1, -0.05) is 0 Å². The topological polar surface area (TPSA) is 116 Å². The lowest BCUT2D eigenvalue weighted by Gasteiger charge is -2.06. The number of esters is 1. The van der Waals surface area contributed by atoms with Crippen LogP contribution in [-0.2, 0) is 14.8 Å². The predicted octanol–water partition coefficient (Wildman–Crippen LogP) is 0.753. The monoisotopic (exact) mass is 274 g/mol. The molecule has 0 heterocycles. The first-order chi connectivity index (χ1) is 8.24. The molecule has 1 N–H and O–H groups in total. The van der Waals surface area contributed by atoms with Crippen LogP contribution in [0.5, 0.6) is 0 Å². The number of benzene rings is 1. The molecule has 0 radical (unpaired) electrons. The van der Waals surface area contributed by atoms with E-state index in [9.17, 15) is 23.3 Å². The number of ether oxygens (including phenoxy) is 1. The Labute approximate surface area is 103 Å². The Hall–Kier alpha value is -2.16. The van der Waals surface area contributed by atoms with Gasteiger partial charge in [-0.05, 0) is 12.1 Å². The van der Waals surface area contributed by atoms with Crippen molar-refractivity contribution in [3.05, 3.63) is 33.9 Å². The van der Waals surface area contributed by atoms with Crippen molar-refractivity contribution >= 4 is 27.4 Å². The molecular weight excluding hydrogens is 264 g/mol. The molecule has 1 aromatic rings. The van der Waals surface area contributed by atoms with Crippen LogP contribution in [0.2, 0.25) is 0 Å². The second-order valence-corrected chi connectivity index (χ2v) is 5.10. The summed E-state index contributed by atoms with van der Waals surface area (Å²) in [6.45, 7) is 0. The van der Waals surface area contributed by atoms with Crippen LogP contribution >= 0.6 is 0 Å². The van der Waals surface area contributed by atoms with Gasteiger partial charge >= 0.3 is 5.97 Å². The summed E-state index contributed by atoms with van der Waals surface area (Å²) in [6.07, 6.45) is 0.849. The van der Waals surface area contributed by atoms with E-state index in [2.05, 4.69) is 4.74 Å². The van der Waals surface area contributed by atoms with Crippen molar-refractivity contribution in [2.24, 2.45) is 0 Å². The summed E-state index contributed by atoms with van der Waals surface area (Å²) < 4.78 is 28.6. The lowest BCUT2D eigenvalue weighted by molar-refractivity contribution is -0.383. The van der Waals surface area contributed by atoms with E-state index in [0.717, 1.165) is 25.5 Å². The lowest BCUT2D eigenvalue weighted by Crippen LogP contribution is -2.12. The van der Waals surface area contributed by atoms with E-state index in [-0.39, 0.29) is 11.3 Å². The Balaban J connectivity index is 3.33. The van der Waals surface area contributed by atoms with Crippen LogP contribution in [0.25, 0.3) is 0 Å². The average Bonchev–Trinajstić information content (AvgIpc) is 2.25. The zero-order valence-corrected chi connectivity index (χ0v) is 10.4. The maximum atomic E-state index is 11.2. The molecule has 0 aliphatic heterocycles. The van der Waals surface area contributed by atoms with Gasteiger partial charge in [0.25, 0.3) is 5.69 Å². The molecule has 1 aromatic carbocycles. The number of nitro benzene ring substituents is 1. The largest absolute Gasteiger partial charge is 0.465 e. The van der Waals surface area contributed by atoms with Crippen LogP contribution in [0.4, 0.5) is 11.4 Å². The Bertz CT molecular complexity index is 595. The van der Waals surface area contributed by atoms with Crippen molar-refractivity contribution < 1.29 is 22.9 Å². The van der Waals surface area contributed by atoms with Gasteiger partial charge in [-0.2, -0.15) is 0 Å². The molecule has 18 heavy (non-hydrogen) atoms. The van der Waals surface area contributed by atoms with E-state index >= 15 is 0 Å². The number of sulfonamides is 1. The van der Waals surface area contributed by atoms with Gasteiger partial charge in [-0.3, -0.25) is 14.8 Å². The summed E-state index contributed by atoms with van der Waals surface area (Å²) in [7, 11) is -2.54. The van der Waals surface area contributed by atoms with Gasteiger partial charge < -0.3 is 4.74 Å². The number of methoxy groups -OCH3 is 1. The first-order valence-corrected chi connectivity index (χ1v) is 6.48. The van der Waals surface area contributed by atoms with Gasteiger partial charge in [0.2, 0.25) is 10.0 Å². The summed E-state index contributed by atoms with van der Waals surface area (Å²) in [4.78, 5) is 21.2. The third-order valence-electron chi connectivity index (χ3n) is 1.91. The molecule has 0 saturated carbocycles. The molecule has 0 amide bonds. The average molecular weight is 274 g/mol. The van der Waals surface area contributed by atoms with Crippen molar-refractivity contribution in [3.63, 3.8) is 0 Å². The van der Waals surface area contributed by atoms with E-state index < -0.39 is 26.6 Å². The second-order valence-electron chi connectivity index (χ2n) is 3.35. The molecule has 0 fully saturated rings. The maximum Gasteiger partial charge on any atom is 0.337 e. The van der Waals surface area contributed by atoms with Gasteiger partial charge in [0.1, 0.15) is 5.69 Å². The molecule has 0 bridgehead atoms. The molecule has 0 spiro atoms. The van der Waals surface area contributed by atoms with E-state index in [1.807, 2.05) is 4.72 Å². The molecule has 98 valence electrons. The molecule has 0 saturated heterocycles. The highest BCUT2D eigenvalue weighted by molar-refractivity contribution is 7.92. The number of anilines is 1. The number of rotatable bonds is 4. The Morgan fingerprint density at radius 1 is 1.44 bits per heavy atom. The number of nitrogens with zero attached hydrogens (tertiary/aromatic N) is 1. The molecule has 0 atom stereocenters. The second kappa shape index (κ2) is 5.00. The molecule has 0 aliphatic rings. The highest BCUT2D eigenvalue weighted by Crippen LogP contribution is 2.26. The highest BCUT2D eigenvalue weighted by Gasteiger charge is 2.19. The molecule has 0 unspecified atom stereocenters.